The van der Waals surface area contributed by atoms with Crippen LogP contribution >= 0.6 is 0 Å². The van der Waals surface area contributed by atoms with E-state index in [1.165, 1.54) is 110 Å². The Labute approximate surface area is 414 Å². The van der Waals surface area contributed by atoms with E-state index in [0.717, 1.165) is 22.7 Å². The van der Waals surface area contributed by atoms with Crippen molar-refractivity contribution in [2.24, 2.45) is 0 Å². The lowest BCUT2D eigenvalue weighted by Crippen LogP contribution is -2.12. The SMILES string of the molecule is Cc1ccc(N(c2ccc(C(C)C)cc2)c2cccc(-c3c4ccccc4c(-c4cccc(N(c5ccc(C(C)C)cc5)c5ccc(C)cc5C)c4)c4c5ccccc5c5ccccc5c34)c2)c(C)c1. The average molecular weight is 905 g/mol. The van der Waals surface area contributed by atoms with Crippen LogP contribution in [0, 0.1) is 27.7 Å². The average Bonchev–Trinajstić information content (AvgIpc) is 3.37. The highest BCUT2D eigenvalue weighted by Gasteiger charge is 2.24. The first-order valence-corrected chi connectivity index (χ1v) is 25.0. The highest BCUT2D eigenvalue weighted by atomic mass is 15.1. The molecule has 0 amide bonds. The standard InChI is InChI=1S/C68H60N2/c1-43(2)49-29-33-53(34-30-49)69(63-37-27-45(5)39-47(63)7)55-19-15-17-51(41-55)65-61-25-13-14-26-62(61)66(68-60-24-12-10-22-58(60)57-21-9-11-23-59(57)67(65)68)52-18-16-20-56(42-52)70(64-38-28-46(6)40-48(64)8)54-35-31-50(32-36-54)44(3)4/h9-44H,1-8H3. The second-order valence-corrected chi connectivity index (χ2v) is 20.0. The van der Waals surface area contributed by atoms with Gasteiger partial charge in [0.15, 0.2) is 0 Å². The summed E-state index contributed by atoms with van der Waals surface area (Å²) in [5.41, 5.74) is 19.4. The molecule has 0 aliphatic rings. The molecule has 0 aromatic heterocycles. The highest BCUT2D eigenvalue weighted by Crippen LogP contribution is 2.51. The Balaban J connectivity index is 1.21. The van der Waals surface area contributed by atoms with E-state index >= 15 is 0 Å². The molecule has 0 radical (unpaired) electrons. The Morgan fingerprint density at radius 1 is 0.300 bits per heavy atom. The van der Waals surface area contributed by atoms with Crippen molar-refractivity contribution in [2.75, 3.05) is 9.80 Å². The first kappa shape index (κ1) is 44.6. The molecule has 0 unspecified atom stereocenters. The third-order valence-electron chi connectivity index (χ3n) is 14.5. The maximum absolute atomic E-state index is 2.44. The van der Waals surface area contributed by atoms with E-state index in [9.17, 15) is 0 Å². The molecule has 0 aliphatic heterocycles. The molecular weight excluding hydrogens is 845 g/mol. The van der Waals surface area contributed by atoms with Crippen molar-refractivity contribution < 1.29 is 0 Å². The summed E-state index contributed by atoms with van der Waals surface area (Å²) in [6, 6.07) is 77.7. The molecule has 0 heterocycles. The lowest BCUT2D eigenvalue weighted by atomic mass is 9.81. The predicted molar refractivity (Wildman–Crippen MR) is 304 cm³/mol. The van der Waals surface area contributed by atoms with Crippen LogP contribution in [0.15, 0.2) is 206 Å². The summed E-state index contributed by atoms with van der Waals surface area (Å²) in [6.07, 6.45) is 0. The Bertz CT molecular complexity index is 3510. The van der Waals surface area contributed by atoms with Gasteiger partial charge in [-0.05, 0) is 188 Å². The largest absolute Gasteiger partial charge is 0.310 e. The highest BCUT2D eigenvalue weighted by molar-refractivity contribution is 6.36. The molecule has 0 aliphatic carbocycles. The number of rotatable bonds is 10. The Kier molecular flexibility index (Phi) is 11.6. The van der Waals surface area contributed by atoms with Crippen LogP contribution in [0.25, 0.3) is 65.3 Å². The van der Waals surface area contributed by atoms with Gasteiger partial charge in [-0.1, -0.05) is 184 Å². The number of benzene rings is 11. The van der Waals surface area contributed by atoms with Gasteiger partial charge in [-0.3, -0.25) is 0 Å². The fourth-order valence-electron chi connectivity index (χ4n) is 11.0. The summed E-state index contributed by atoms with van der Waals surface area (Å²) in [7, 11) is 0. The van der Waals surface area contributed by atoms with Crippen LogP contribution < -0.4 is 9.80 Å². The van der Waals surface area contributed by atoms with Gasteiger partial charge in [-0.2, -0.15) is 0 Å². The molecule has 2 heteroatoms. The minimum Gasteiger partial charge on any atom is -0.310 e. The van der Waals surface area contributed by atoms with Crippen LogP contribution in [-0.2, 0) is 0 Å². The molecule has 0 saturated carbocycles. The van der Waals surface area contributed by atoms with Crippen LogP contribution in [0.5, 0.6) is 0 Å². The summed E-state index contributed by atoms with van der Waals surface area (Å²) in [6.45, 7) is 17.9. The van der Waals surface area contributed by atoms with Crippen molar-refractivity contribution in [1.29, 1.82) is 0 Å². The molecule has 0 atom stereocenters. The van der Waals surface area contributed by atoms with Gasteiger partial charge in [0.25, 0.3) is 0 Å². The maximum Gasteiger partial charge on any atom is 0.0490 e. The number of hydrogen-bond acceptors (Lipinski definition) is 2. The molecule has 11 aromatic rings. The molecule has 11 aromatic carbocycles. The number of anilines is 6. The first-order valence-electron chi connectivity index (χ1n) is 25.0. The Hall–Kier alpha value is -7.94. The molecule has 11 rings (SSSR count). The molecule has 0 saturated heterocycles. The molecule has 0 bridgehead atoms. The zero-order valence-corrected chi connectivity index (χ0v) is 41.7. The Morgan fingerprint density at radius 2 is 0.657 bits per heavy atom. The fraction of sp³-hybridized carbons (Fsp3) is 0.147. The van der Waals surface area contributed by atoms with Crippen molar-refractivity contribution in [3.63, 3.8) is 0 Å². The normalized spacial score (nSPS) is 11.7. The first-order chi connectivity index (χ1) is 34.0. The summed E-state index contributed by atoms with van der Waals surface area (Å²) >= 11 is 0. The van der Waals surface area contributed by atoms with Gasteiger partial charge < -0.3 is 9.80 Å². The molecule has 0 spiro atoms. The number of fused-ring (bicyclic) bond motifs is 7. The zero-order chi connectivity index (χ0) is 48.2. The van der Waals surface area contributed by atoms with E-state index < -0.39 is 0 Å². The quantitative estimate of drug-likeness (QED) is 0.0997. The van der Waals surface area contributed by atoms with Crippen molar-refractivity contribution in [3.05, 3.63) is 240 Å². The van der Waals surface area contributed by atoms with E-state index in [4.69, 9.17) is 0 Å². The van der Waals surface area contributed by atoms with Crippen molar-refractivity contribution in [3.8, 4) is 22.3 Å². The lowest BCUT2D eigenvalue weighted by molar-refractivity contribution is 0.866. The van der Waals surface area contributed by atoms with Gasteiger partial charge in [0.1, 0.15) is 0 Å². The summed E-state index contributed by atoms with van der Waals surface area (Å²) in [4.78, 5) is 4.88. The number of nitrogens with zero attached hydrogens (tertiary/aromatic N) is 2. The molecule has 2 nitrogen and oxygen atoms in total. The van der Waals surface area contributed by atoms with Crippen molar-refractivity contribution >= 4 is 77.2 Å². The molecule has 70 heavy (non-hydrogen) atoms. The second kappa shape index (κ2) is 18.2. The smallest absolute Gasteiger partial charge is 0.0490 e. The van der Waals surface area contributed by atoms with Gasteiger partial charge in [-0.25, -0.2) is 0 Å². The molecule has 0 fully saturated rings. The van der Waals surface area contributed by atoms with E-state index in [-0.39, 0.29) is 0 Å². The van der Waals surface area contributed by atoms with E-state index in [1.807, 2.05) is 0 Å². The summed E-state index contributed by atoms with van der Waals surface area (Å²) < 4.78 is 0. The Morgan fingerprint density at radius 3 is 1.01 bits per heavy atom. The van der Waals surface area contributed by atoms with Crippen LogP contribution in [0.2, 0.25) is 0 Å². The van der Waals surface area contributed by atoms with Gasteiger partial charge in [-0.15, -0.1) is 0 Å². The van der Waals surface area contributed by atoms with Crippen LogP contribution in [0.4, 0.5) is 34.1 Å². The topological polar surface area (TPSA) is 6.48 Å². The minimum absolute atomic E-state index is 0.447. The molecule has 0 N–H and O–H groups in total. The van der Waals surface area contributed by atoms with Gasteiger partial charge in [0.2, 0.25) is 0 Å². The summed E-state index contributed by atoms with van der Waals surface area (Å²) in [5, 5.41) is 9.98. The zero-order valence-electron chi connectivity index (χ0n) is 41.7. The van der Waals surface area contributed by atoms with E-state index in [0.29, 0.717) is 11.8 Å². The molecule has 342 valence electrons. The van der Waals surface area contributed by atoms with Crippen molar-refractivity contribution in [2.45, 2.75) is 67.2 Å². The van der Waals surface area contributed by atoms with Crippen LogP contribution in [-0.4, -0.2) is 0 Å². The van der Waals surface area contributed by atoms with Gasteiger partial charge in [0.05, 0.1) is 0 Å². The van der Waals surface area contributed by atoms with E-state index in [2.05, 4.69) is 271 Å². The van der Waals surface area contributed by atoms with Gasteiger partial charge in [0, 0.05) is 34.1 Å². The number of aryl methyl sites for hydroxylation is 4. The van der Waals surface area contributed by atoms with Crippen LogP contribution in [0.1, 0.15) is 72.9 Å². The third-order valence-corrected chi connectivity index (χ3v) is 14.5. The second-order valence-electron chi connectivity index (χ2n) is 20.0. The third kappa shape index (κ3) is 7.88. The van der Waals surface area contributed by atoms with Crippen molar-refractivity contribution in [1.82, 2.24) is 0 Å². The number of hydrogen-bond donors (Lipinski definition) is 0. The lowest BCUT2D eigenvalue weighted by Gasteiger charge is -2.29. The van der Waals surface area contributed by atoms with Crippen LogP contribution in [0.3, 0.4) is 0 Å². The monoisotopic (exact) mass is 904 g/mol. The molecular formula is C68H60N2. The fourth-order valence-corrected chi connectivity index (χ4v) is 11.0. The summed E-state index contributed by atoms with van der Waals surface area (Å²) in [5.74, 6) is 0.895. The minimum atomic E-state index is 0.447. The maximum atomic E-state index is 2.44. The van der Waals surface area contributed by atoms with E-state index in [1.54, 1.807) is 0 Å². The predicted octanol–water partition coefficient (Wildman–Crippen LogP) is 20.1. The van der Waals surface area contributed by atoms with Gasteiger partial charge >= 0.3 is 0 Å².